The summed E-state index contributed by atoms with van der Waals surface area (Å²) in [5.74, 6) is 0.914. The molecule has 0 unspecified atom stereocenters. The van der Waals surface area contributed by atoms with E-state index in [0.29, 0.717) is 19.6 Å². The van der Waals surface area contributed by atoms with E-state index in [0.717, 1.165) is 27.8 Å². The van der Waals surface area contributed by atoms with Crippen molar-refractivity contribution in [3.63, 3.8) is 0 Å². The average molecular weight is 299 g/mol. The number of nitrogens with zero attached hydrogens (tertiary/aromatic N) is 3. The number of aliphatic hydroxyl groups is 1. The normalized spacial score (nSPS) is 12.4. The monoisotopic (exact) mass is 299 g/mol. The predicted octanol–water partition coefficient (Wildman–Crippen LogP) is 2.54. The van der Waals surface area contributed by atoms with Gasteiger partial charge in [-0.2, -0.15) is 0 Å². The molecule has 0 aliphatic carbocycles. The van der Waals surface area contributed by atoms with E-state index in [1.807, 2.05) is 38.1 Å². The summed E-state index contributed by atoms with van der Waals surface area (Å²) in [6, 6.07) is 8.02. The second-order valence-electron chi connectivity index (χ2n) is 6.18. The van der Waals surface area contributed by atoms with E-state index in [-0.39, 0.29) is 0 Å². The van der Waals surface area contributed by atoms with Crippen LogP contribution >= 0.6 is 0 Å². The van der Waals surface area contributed by atoms with E-state index in [1.54, 1.807) is 13.3 Å². The summed E-state index contributed by atoms with van der Waals surface area (Å²) in [6.45, 7) is 4.70. The molecule has 0 fully saturated rings. The third kappa shape index (κ3) is 2.82. The molecular formula is C17H21N3O2. The molecule has 0 saturated heterocycles. The minimum atomic E-state index is -0.820. The number of benzene rings is 1. The van der Waals surface area contributed by atoms with Crippen molar-refractivity contribution in [1.82, 2.24) is 14.5 Å². The van der Waals surface area contributed by atoms with Crippen molar-refractivity contribution in [3.05, 3.63) is 36.3 Å². The van der Waals surface area contributed by atoms with Gasteiger partial charge in [0, 0.05) is 18.9 Å². The van der Waals surface area contributed by atoms with E-state index in [1.165, 1.54) is 0 Å². The van der Waals surface area contributed by atoms with E-state index in [9.17, 15) is 5.11 Å². The maximum atomic E-state index is 10.3. The first-order valence-corrected chi connectivity index (χ1v) is 7.44. The van der Waals surface area contributed by atoms with Crippen molar-refractivity contribution in [2.75, 3.05) is 13.7 Å². The number of rotatable bonds is 5. The molecule has 0 amide bonds. The summed E-state index contributed by atoms with van der Waals surface area (Å²) in [4.78, 5) is 9.16. The highest BCUT2D eigenvalue weighted by atomic mass is 16.5. The summed E-state index contributed by atoms with van der Waals surface area (Å²) >= 11 is 0. The number of aromatic nitrogens is 3. The number of fused-ring (bicyclic) bond motifs is 3. The molecule has 5 nitrogen and oxygen atoms in total. The van der Waals surface area contributed by atoms with Crippen molar-refractivity contribution in [2.45, 2.75) is 32.4 Å². The Bertz CT molecular complexity index is 803. The van der Waals surface area contributed by atoms with Crippen molar-refractivity contribution >= 4 is 21.9 Å². The molecule has 0 aliphatic rings. The summed E-state index contributed by atoms with van der Waals surface area (Å²) < 4.78 is 7.28. The first-order chi connectivity index (χ1) is 10.5. The van der Waals surface area contributed by atoms with E-state index in [4.69, 9.17) is 9.72 Å². The van der Waals surface area contributed by atoms with E-state index in [2.05, 4.69) is 9.55 Å². The molecule has 1 N–H and O–H groups in total. The molecule has 0 atom stereocenters. The lowest BCUT2D eigenvalue weighted by atomic mass is 10.1. The molecule has 0 saturated carbocycles. The second kappa shape index (κ2) is 5.66. The molecule has 5 heteroatoms. The van der Waals surface area contributed by atoms with Gasteiger partial charge in [0.15, 0.2) is 0 Å². The third-order valence-corrected chi connectivity index (χ3v) is 3.63. The van der Waals surface area contributed by atoms with Crippen LogP contribution in [0.15, 0.2) is 30.5 Å². The minimum absolute atomic E-state index is 0.483. The van der Waals surface area contributed by atoms with Crippen LogP contribution in [0.4, 0.5) is 0 Å². The zero-order chi connectivity index (χ0) is 15.7. The number of methoxy groups -OCH3 is 1. The number of hydrogen-bond acceptors (Lipinski definition) is 4. The number of ether oxygens (including phenoxy) is 1. The third-order valence-electron chi connectivity index (χ3n) is 3.63. The average Bonchev–Trinajstić information content (AvgIpc) is 2.81. The Kier molecular flexibility index (Phi) is 3.85. The molecule has 0 bridgehead atoms. The van der Waals surface area contributed by atoms with Gasteiger partial charge in [0.25, 0.3) is 0 Å². The smallest absolute Gasteiger partial charge is 0.112 e. The van der Waals surface area contributed by atoms with Gasteiger partial charge in [-0.1, -0.05) is 18.2 Å². The SMILES string of the molecule is COCCc1nc2cnc3ccccc3c2n1CC(C)(C)O. The van der Waals surface area contributed by atoms with Crippen LogP contribution in [-0.4, -0.2) is 39.0 Å². The van der Waals surface area contributed by atoms with Crippen molar-refractivity contribution < 1.29 is 9.84 Å². The van der Waals surface area contributed by atoms with Crippen LogP contribution in [-0.2, 0) is 17.7 Å². The lowest BCUT2D eigenvalue weighted by Gasteiger charge is -2.20. The summed E-state index contributed by atoms with van der Waals surface area (Å²) in [6.07, 6.45) is 2.50. The van der Waals surface area contributed by atoms with Gasteiger partial charge in [-0.25, -0.2) is 4.98 Å². The Morgan fingerprint density at radius 1 is 1.23 bits per heavy atom. The molecule has 2 aromatic heterocycles. The van der Waals surface area contributed by atoms with Crippen LogP contribution in [0, 0.1) is 0 Å². The highest BCUT2D eigenvalue weighted by molar-refractivity contribution is 6.02. The molecule has 2 heterocycles. The van der Waals surface area contributed by atoms with Gasteiger partial charge in [-0.15, -0.1) is 0 Å². The maximum Gasteiger partial charge on any atom is 0.112 e. The Labute approximate surface area is 129 Å². The van der Waals surface area contributed by atoms with Crippen molar-refractivity contribution in [3.8, 4) is 0 Å². The Balaban J connectivity index is 2.26. The molecule has 0 spiro atoms. The van der Waals surface area contributed by atoms with Gasteiger partial charge in [-0.05, 0) is 19.9 Å². The predicted molar refractivity (Wildman–Crippen MR) is 86.9 cm³/mol. The second-order valence-corrected chi connectivity index (χ2v) is 6.18. The van der Waals surface area contributed by atoms with Crippen molar-refractivity contribution in [1.29, 1.82) is 0 Å². The molecule has 0 aliphatic heterocycles. The molecule has 0 radical (unpaired) electrons. The molecule has 1 aromatic carbocycles. The van der Waals surface area contributed by atoms with Gasteiger partial charge in [0.1, 0.15) is 11.3 Å². The summed E-state index contributed by atoms with van der Waals surface area (Å²) in [5, 5.41) is 11.3. The first kappa shape index (κ1) is 14.9. The van der Waals surface area contributed by atoms with Crippen LogP contribution in [0.5, 0.6) is 0 Å². The zero-order valence-corrected chi connectivity index (χ0v) is 13.2. The molecular weight excluding hydrogens is 278 g/mol. The quantitative estimate of drug-likeness (QED) is 0.786. The highest BCUT2D eigenvalue weighted by Gasteiger charge is 2.20. The highest BCUT2D eigenvalue weighted by Crippen LogP contribution is 2.26. The van der Waals surface area contributed by atoms with Gasteiger partial charge in [0.2, 0.25) is 0 Å². The van der Waals surface area contributed by atoms with Gasteiger partial charge in [0.05, 0.1) is 36.0 Å². The Morgan fingerprint density at radius 3 is 2.73 bits per heavy atom. The lowest BCUT2D eigenvalue weighted by Crippen LogP contribution is -2.27. The fourth-order valence-corrected chi connectivity index (χ4v) is 2.75. The zero-order valence-electron chi connectivity index (χ0n) is 13.2. The summed E-state index contributed by atoms with van der Waals surface area (Å²) in [5.41, 5.74) is 2.00. The number of pyridine rings is 1. The minimum Gasteiger partial charge on any atom is -0.389 e. The number of hydrogen-bond donors (Lipinski definition) is 1. The van der Waals surface area contributed by atoms with E-state index < -0.39 is 5.60 Å². The Morgan fingerprint density at radius 2 is 2.00 bits per heavy atom. The fourth-order valence-electron chi connectivity index (χ4n) is 2.75. The number of imidazole rings is 1. The lowest BCUT2D eigenvalue weighted by molar-refractivity contribution is 0.0615. The van der Waals surface area contributed by atoms with Gasteiger partial charge in [-0.3, -0.25) is 4.98 Å². The molecule has 22 heavy (non-hydrogen) atoms. The number of para-hydroxylation sites is 1. The van der Waals surface area contributed by atoms with Crippen LogP contribution in [0.2, 0.25) is 0 Å². The van der Waals surface area contributed by atoms with Gasteiger partial charge >= 0.3 is 0 Å². The van der Waals surface area contributed by atoms with E-state index >= 15 is 0 Å². The molecule has 3 rings (SSSR count). The van der Waals surface area contributed by atoms with Crippen LogP contribution in [0.25, 0.3) is 21.9 Å². The maximum absolute atomic E-state index is 10.3. The van der Waals surface area contributed by atoms with Gasteiger partial charge < -0.3 is 14.4 Å². The van der Waals surface area contributed by atoms with Crippen molar-refractivity contribution in [2.24, 2.45) is 0 Å². The summed E-state index contributed by atoms with van der Waals surface area (Å²) in [7, 11) is 1.68. The first-order valence-electron chi connectivity index (χ1n) is 7.44. The fraction of sp³-hybridized carbons (Fsp3) is 0.412. The Hall–Kier alpha value is -1.98. The molecule has 116 valence electrons. The largest absolute Gasteiger partial charge is 0.389 e. The van der Waals surface area contributed by atoms with Crippen LogP contribution in [0.3, 0.4) is 0 Å². The van der Waals surface area contributed by atoms with Crippen LogP contribution < -0.4 is 0 Å². The topological polar surface area (TPSA) is 60.2 Å². The molecule has 3 aromatic rings. The standard InChI is InChI=1S/C17H21N3O2/c1-17(2,21)11-20-15(8-9-22-3)19-14-10-18-13-7-5-4-6-12(13)16(14)20/h4-7,10,21H,8-9,11H2,1-3H3. The van der Waals surface area contributed by atoms with Crippen LogP contribution in [0.1, 0.15) is 19.7 Å².